The summed E-state index contributed by atoms with van der Waals surface area (Å²) in [5.41, 5.74) is 14.0. The zero-order valence-corrected chi connectivity index (χ0v) is 12.4. The van der Waals surface area contributed by atoms with Crippen molar-refractivity contribution in [1.29, 1.82) is 0 Å². The van der Waals surface area contributed by atoms with Crippen LogP contribution < -0.4 is 11.5 Å². The lowest BCUT2D eigenvalue weighted by molar-refractivity contribution is 0.633. The van der Waals surface area contributed by atoms with Crippen molar-refractivity contribution in [3.05, 3.63) is 54.9 Å². The standard InChI is InChI=1S/C16H12FN7/c17-11-7-9(1-2-12(11)18)14-13-15(19)21-8-22-16(13)24(23-14)10-3-5-20-6-4-10/h1-8H,18H2,(H2,19,21,22). The highest BCUT2D eigenvalue weighted by Gasteiger charge is 2.18. The molecule has 0 aliphatic rings. The predicted molar refractivity (Wildman–Crippen MR) is 88.7 cm³/mol. The molecule has 0 fully saturated rings. The molecule has 0 amide bonds. The van der Waals surface area contributed by atoms with Gasteiger partial charge < -0.3 is 11.5 Å². The summed E-state index contributed by atoms with van der Waals surface area (Å²) in [4.78, 5) is 12.3. The van der Waals surface area contributed by atoms with Gasteiger partial charge in [-0.25, -0.2) is 19.0 Å². The first kappa shape index (κ1) is 14.1. The highest BCUT2D eigenvalue weighted by molar-refractivity contribution is 5.99. The second-order valence-corrected chi connectivity index (χ2v) is 5.16. The first-order valence-corrected chi connectivity index (χ1v) is 7.10. The van der Waals surface area contributed by atoms with Gasteiger partial charge in [0.25, 0.3) is 0 Å². The Hall–Kier alpha value is -3.55. The predicted octanol–water partition coefficient (Wildman–Crippen LogP) is 2.18. The van der Waals surface area contributed by atoms with Gasteiger partial charge in [0.15, 0.2) is 5.65 Å². The molecule has 0 aliphatic heterocycles. The molecule has 3 heterocycles. The van der Waals surface area contributed by atoms with Crippen LogP contribution in [0.2, 0.25) is 0 Å². The molecule has 0 unspecified atom stereocenters. The summed E-state index contributed by atoms with van der Waals surface area (Å²) in [7, 11) is 0. The maximum absolute atomic E-state index is 13.9. The number of fused-ring (bicyclic) bond motifs is 1. The minimum absolute atomic E-state index is 0.0702. The molecule has 1 aromatic carbocycles. The molecular weight excluding hydrogens is 309 g/mol. The molecule has 0 atom stereocenters. The van der Waals surface area contributed by atoms with Crippen LogP contribution in [-0.4, -0.2) is 24.7 Å². The lowest BCUT2D eigenvalue weighted by atomic mass is 10.1. The average Bonchev–Trinajstić information content (AvgIpc) is 2.99. The van der Waals surface area contributed by atoms with E-state index in [0.717, 1.165) is 5.69 Å². The van der Waals surface area contributed by atoms with Crippen LogP contribution in [-0.2, 0) is 0 Å². The molecule has 118 valence electrons. The van der Waals surface area contributed by atoms with E-state index < -0.39 is 5.82 Å². The van der Waals surface area contributed by atoms with Gasteiger partial charge in [0.2, 0.25) is 0 Å². The maximum Gasteiger partial charge on any atom is 0.169 e. The van der Waals surface area contributed by atoms with Gasteiger partial charge in [-0.05, 0) is 24.3 Å². The first-order chi connectivity index (χ1) is 11.6. The van der Waals surface area contributed by atoms with Crippen molar-refractivity contribution in [3.63, 3.8) is 0 Å². The van der Waals surface area contributed by atoms with Crippen LogP contribution in [0.5, 0.6) is 0 Å². The van der Waals surface area contributed by atoms with Crippen LogP contribution >= 0.6 is 0 Å². The van der Waals surface area contributed by atoms with Crippen molar-refractivity contribution in [1.82, 2.24) is 24.7 Å². The molecule has 0 bridgehead atoms. The summed E-state index contributed by atoms with van der Waals surface area (Å²) in [5, 5.41) is 5.11. The number of nitrogens with two attached hydrogens (primary N) is 2. The van der Waals surface area contributed by atoms with Gasteiger partial charge in [-0.15, -0.1) is 0 Å². The van der Waals surface area contributed by atoms with Crippen LogP contribution in [0.15, 0.2) is 49.1 Å². The van der Waals surface area contributed by atoms with Crippen molar-refractivity contribution < 1.29 is 4.39 Å². The third-order valence-electron chi connectivity index (χ3n) is 3.68. The summed E-state index contributed by atoms with van der Waals surface area (Å²) in [6, 6.07) is 8.07. The van der Waals surface area contributed by atoms with E-state index in [4.69, 9.17) is 11.5 Å². The summed E-state index contributed by atoms with van der Waals surface area (Å²) in [5.74, 6) is -0.248. The second kappa shape index (κ2) is 5.27. The molecule has 8 heteroatoms. The number of anilines is 2. The third kappa shape index (κ3) is 2.12. The Morgan fingerprint density at radius 2 is 1.79 bits per heavy atom. The van der Waals surface area contributed by atoms with Crippen molar-refractivity contribution in [2.45, 2.75) is 0 Å². The van der Waals surface area contributed by atoms with Crippen LogP contribution in [0.25, 0.3) is 28.0 Å². The second-order valence-electron chi connectivity index (χ2n) is 5.16. The number of pyridine rings is 1. The van der Waals surface area contributed by atoms with Gasteiger partial charge in [0, 0.05) is 18.0 Å². The number of hydrogen-bond donors (Lipinski definition) is 2. The molecule has 3 aromatic heterocycles. The van der Waals surface area contributed by atoms with E-state index in [1.807, 2.05) is 0 Å². The van der Waals surface area contributed by atoms with Crippen molar-refractivity contribution >= 4 is 22.5 Å². The van der Waals surface area contributed by atoms with E-state index in [0.29, 0.717) is 22.3 Å². The van der Waals surface area contributed by atoms with E-state index in [9.17, 15) is 4.39 Å². The zero-order chi connectivity index (χ0) is 16.7. The molecular formula is C16H12FN7. The quantitative estimate of drug-likeness (QED) is 0.548. The fourth-order valence-electron chi connectivity index (χ4n) is 2.52. The van der Waals surface area contributed by atoms with Crippen LogP contribution in [0, 0.1) is 5.82 Å². The number of hydrogen-bond acceptors (Lipinski definition) is 6. The van der Waals surface area contributed by atoms with E-state index in [2.05, 4.69) is 20.1 Å². The molecule has 0 saturated carbocycles. The highest BCUT2D eigenvalue weighted by Crippen LogP contribution is 2.32. The number of rotatable bonds is 2. The molecule has 0 radical (unpaired) electrons. The zero-order valence-electron chi connectivity index (χ0n) is 12.4. The van der Waals surface area contributed by atoms with Crippen LogP contribution in [0.3, 0.4) is 0 Å². The van der Waals surface area contributed by atoms with Gasteiger partial charge in [0.05, 0.1) is 16.8 Å². The topological polar surface area (TPSA) is 109 Å². The fourth-order valence-corrected chi connectivity index (χ4v) is 2.52. The van der Waals surface area contributed by atoms with Crippen LogP contribution in [0.1, 0.15) is 0 Å². The molecule has 0 saturated heterocycles. The number of nitrogens with zero attached hydrogens (tertiary/aromatic N) is 5. The first-order valence-electron chi connectivity index (χ1n) is 7.10. The van der Waals surface area contributed by atoms with Crippen molar-refractivity contribution in [3.8, 4) is 16.9 Å². The van der Waals surface area contributed by atoms with Crippen molar-refractivity contribution in [2.24, 2.45) is 0 Å². The van der Waals surface area contributed by atoms with Gasteiger partial charge >= 0.3 is 0 Å². The Bertz CT molecular complexity index is 1040. The number of benzene rings is 1. The Morgan fingerprint density at radius 3 is 2.54 bits per heavy atom. The summed E-state index contributed by atoms with van der Waals surface area (Å²) < 4.78 is 15.5. The Kier molecular flexibility index (Phi) is 3.09. The van der Waals surface area contributed by atoms with Gasteiger partial charge in [0.1, 0.15) is 23.7 Å². The summed E-state index contributed by atoms with van der Waals surface area (Å²) in [6.45, 7) is 0. The van der Waals surface area contributed by atoms with E-state index in [1.165, 1.54) is 18.5 Å². The monoisotopic (exact) mass is 321 g/mol. The largest absolute Gasteiger partial charge is 0.396 e. The Balaban J connectivity index is 2.04. The number of halogens is 1. The minimum Gasteiger partial charge on any atom is -0.396 e. The van der Waals surface area contributed by atoms with Crippen LogP contribution in [0.4, 0.5) is 15.9 Å². The molecule has 4 aromatic rings. The van der Waals surface area contributed by atoms with E-state index in [1.54, 1.807) is 35.3 Å². The molecule has 7 nitrogen and oxygen atoms in total. The average molecular weight is 321 g/mol. The number of aromatic nitrogens is 5. The SMILES string of the molecule is Nc1ccc(-c2nn(-c3ccncc3)c3ncnc(N)c23)cc1F. The van der Waals surface area contributed by atoms with E-state index in [-0.39, 0.29) is 11.5 Å². The highest BCUT2D eigenvalue weighted by atomic mass is 19.1. The smallest absolute Gasteiger partial charge is 0.169 e. The van der Waals surface area contributed by atoms with Crippen molar-refractivity contribution in [2.75, 3.05) is 11.5 Å². The molecule has 0 aliphatic carbocycles. The summed E-state index contributed by atoms with van der Waals surface area (Å²) in [6.07, 6.45) is 4.66. The summed E-state index contributed by atoms with van der Waals surface area (Å²) >= 11 is 0. The molecule has 24 heavy (non-hydrogen) atoms. The fraction of sp³-hybridized carbons (Fsp3) is 0. The molecule has 0 spiro atoms. The van der Waals surface area contributed by atoms with Gasteiger partial charge in [-0.2, -0.15) is 5.10 Å². The third-order valence-corrected chi connectivity index (χ3v) is 3.68. The molecule has 4 rings (SSSR count). The minimum atomic E-state index is -0.519. The maximum atomic E-state index is 13.9. The Morgan fingerprint density at radius 1 is 1.00 bits per heavy atom. The van der Waals surface area contributed by atoms with Gasteiger partial charge in [-0.1, -0.05) is 6.07 Å². The lowest BCUT2D eigenvalue weighted by Gasteiger charge is -2.01. The molecule has 4 N–H and O–H groups in total. The Labute approximate surface area is 135 Å². The van der Waals surface area contributed by atoms with E-state index >= 15 is 0 Å². The lowest BCUT2D eigenvalue weighted by Crippen LogP contribution is -1.99. The number of nitrogen functional groups attached to an aromatic ring is 2. The normalized spacial score (nSPS) is 11.0. The van der Waals surface area contributed by atoms with Gasteiger partial charge in [-0.3, -0.25) is 4.98 Å².